The van der Waals surface area contributed by atoms with Gasteiger partial charge in [-0.05, 0) is 93.7 Å². The molecular formula is C46H82O. The molecule has 4 rings (SSSR count). The molecule has 6 atom stereocenters. The molecule has 1 nitrogen and oxygen atoms in total. The summed E-state index contributed by atoms with van der Waals surface area (Å²) in [6, 6.07) is 0. The lowest BCUT2D eigenvalue weighted by atomic mass is 9.06. The minimum atomic E-state index is -0.306. The van der Waals surface area contributed by atoms with Gasteiger partial charge in [-0.25, -0.2) is 0 Å². The highest BCUT2D eigenvalue weighted by molar-refractivity contribution is 5.79. The van der Waals surface area contributed by atoms with E-state index in [2.05, 4.69) is 187 Å². The van der Waals surface area contributed by atoms with E-state index in [-0.39, 0.29) is 86.6 Å². The van der Waals surface area contributed by atoms with Gasteiger partial charge in [-0.1, -0.05) is 186 Å². The van der Waals surface area contributed by atoms with Crippen LogP contribution < -0.4 is 0 Å². The fraction of sp³-hybridized carbons (Fsp3) is 0.935. The average Bonchev–Trinajstić information content (AvgIpc) is 2.90. The average molecular weight is 651 g/mol. The Bertz CT molecular complexity index is 1450. The van der Waals surface area contributed by atoms with Crippen molar-refractivity contribution in [2.75, 3.05) is 0 Å². The molecule has 0 saturated heterocycles. The summed E-state index contributed by atoms with van der Waals surface area (Å²) in [5.74, 6) is 0. The van der Waals surface area contributed by atoms with E-state index >= 15 is 0 Å². The third-order valence-electron chi connectivity index (χ3n) is 25.1. The molecule has 0 aromatic carbocycles. The molecule has 4 aliphatic carbocycles. The number of aldehydes is 1. The third kappa shape index (κ3) is 2.66. The maximum atomic E-state index is 13.3. The molecule has 0 N–H and O–H groups in total. The van der Waals surface area contributed by atoms with Crippen LogP contribution >= 0.6 is 0 Å². The van der Waals surface area contributed by atoms with Gasteiger partial charge in [0.05, 0.1) is 0 Å². The predicted molar refractivity (Wildman–Crippen MR) is 205 cm³/mol. The summed E-state index contributed by atoms with van der Waals surface area (Å²) in [6.07, 6.45) is 1.24. The Morgan fingerprint density at radius 1 is 0.319 bits per heavy atom. The molecule has 6 unspecified atom stereocenters. The van der Waals surface area contributed by atoms with Crippen LogP contribution in [0.15, 0.2) is 11.1 Å². The molecule has 0 spiro atoms. The van der Waals surface area contributed by atoms with E-state index in [4.69, 9.17) is 0 Å². The molecule has 0 bridgehead atoms. The van der Waals surface area contributed by atoms with E-state index in [0.29, 0.717) is 0 Å². The maximum absolute atomic E-state index is 13.3. The molecule has 0 aliphatic heterocycles. The van der Waals surface area contributed by atoms with E-state index in [0.717, 1.165) is 5.57 Å². The van der Waals surface area contributed by atoms with Crippen molar-refractivity contribution < 1.29 is 4.79 Å². The summed E-state index contributed by atoms with van der Waals surface area (Å²) in [4.78, 5) is 13.3. The summed E-state index contributed by atoms with van der Waals surface area (Å²) in [7, 11) is 0. The normalized spacial score (nSPS) is 48.4. The van der Waals surface area contributed by atoms with Crippen LogP contribution in [0.5, 0.6) is 0 Å². The highest BCUT2D eigenvalue weighted by Crippen LogP contribution is 3.00. The first-order chi connectivity index (χ1) is 20.1. The van der Waals surface area contributed by atoms with Crippen molar-refractivity contribution in [1.29, 1.82) is 0 Å². The summed E-state index contributed by atoms with van der Waals surface area (Å²) < 4.78 is 0. The van der Waals surface area contributed by atoms with Crippen LogP contribution in [0, 0.1) is 86.6 Å². The number of hydrogen-bond donors (Lipinski definition) is 0. The van der Waals surface area contributed by atoms with Crippen LogP contribution in [0.2, 0.25) is 0 Å². The van der Waals surface area contributed by atoms with Crippen molar-refractivity contribution in [2.45, 2.75) is 187 Å². The smallest absolute Gasteiger partial charge is 0.146 e. The molecule has 4 aliphatic rings. The lowest BCUT2D eigenvalue weighted by molar-refractivity contribution is -0.500. The lowest BCUT2D eigenvalue weighted by Crippen LogP contribution is -2.93. The van der Waals surface area contributed by atoms with Crippen LogP contribution in [-0.4, -0.2) is 6.29 Å². The number of carbonyl (C=O) groups is 1. The Kier molecular flexibility index (Phi) is 7.12. The number of hydrogen-bond acceptors (Lipinski definition) is 1. The topological polar surface area (TPSA) is 17.1 Å². The number of allylic oxidation sites excluding steroid dienone is 2. The first-order valence-corrected chi connectivity index (χ1v) is 19.3. The van der Waals surface area contributed by atoms with E-state index < -0.39 is 0 Å². The molecule has 1 heteroatoms. The van der Waals surface area contributed by atoms with Gasteiger partial charge in [0.1, 0.15) is 6.29 Å². The molecule has 0 aromatic rings. The Morgan fingerprint density at radius 2 is 0.574 bits per heavy atom. The highest BCUT2D eigenvalue weighted by atomic mass is 16.1. The zero-order valence-corrected chi connectivity index (χ0v) is 37.0. The summed E-state index contributed by atoms with van der Waals surface area (Å²) in [5, 5.41) is 0. The maximum Gasteiger partial charge on any atom is 0.146 e. The van der Waals surface area contributed by atoms with Crippen molar-refractivity contribution in [2.24, 2.45) is 86.6 Å². The second-order valence-corrected chi connectivity index (χ2v) is 24.2. The van der Waals surface area contributed by atoms with Gasteiger partial charge >= 0.3 is 0 Å². The molecular weight excluding hydrogens is 569 g/mol. The molecule has 3 saturated carbocycles. The monoisotopic (exact) mass is 651 g/mol. The van der Waals surface area contributed by atoms with Gasteiger partial charge in [-0.2, -0.15) is 0 Å². The summed E-state index contributed by atoms with van der Waals surface area (Å²) in [5.41, 5.74) is 0.464. The fourth-order valence-electron chi connectivity index (χ4n) is 17.7. The van der Waals surface area contributed by atoms with Crippen LogP contribution in [-0.2, 0) is 4.79 Å². The van der Waals surface area contributed by atoms with Crippen LogP contribution in [0.25, 0.3) is 0 Å². The highest BCUT2D eigenvalue weighted by Gasteiger charge is 2.96. The quantitative estimate of drug-likeness (QED) is 0.258. The van der Waals surface area contributed by atoms with Gasteiger partial charge in [-0.3, -0.25) is 4.79 Å². The zero-order chi connectivity index (χ0) is 37.9. The van der Waals surface area contributed by atoms with E-state index in [1.807, 2.05) is 0 Å². The molecule has 272 valence electrons. The van der Waals surface area contributed by atoms with Crippen molar-refractivity contribution in [3.8, 4) is 0 Å². The van der Waals surface area contributed by atoms with Crippen LogP contribution in [0.1, 0.15) is 187 Å². The largest absolute Gasteiger partial charge is 0.298 e. The summed E-state index contributed by atoms with van der Waals surface area (Å²) in [6.45, 7) is 71.3. The minimum absolute atomic E-state index is 0.00260. The molecule has 0 aromatic heterocycles. The van der Waals surface area contributed by atoms with Crippen LogP contribution in [0.4, 0.5) is 0 Å². The molecule has 0 radical (unpaired) electrons. The van der Waals surface area contributed by atoms with Crippen molar-refractivity contribution >= 4 is 6.29 Å². The number of rotatable bonds is 1. The van der Waals surface area contributed by atoms with Gasteiger partial charge in [0.15, 0.2) is 0 Å². The molecule has 0 amide bonds. The summed E-state index contributed by atoms with van der Waals surface area (Å²) >= 11 is 0. The van der Waals surface area contributed by atoms with Crippen molar-refractivity contribution in [1.82, 2.24) is 0 Å². The second-order valence-electron chi connectivity index (χ2n) is 24.2. The van der Waals surface area contributed by atoms with Crippen LogP contribution in [0.3, 0.4) is 0 Å². The number of carbonyl (C=O) groups excluding carboxylic acids is 1. The van der Waals surface area contributed by atoms with Crippen molar-refractivity contribution in [3.63, 3.8) is 0 Å². The van der Waals surface area contributed by atoms with E-state index in [9.17, 15) is 4.79 Å². The van der Waals surface area contributed by atoms with Gasteiger partial charge < -0.3 is 0 Å². The Morgan fingerprint density at radius 3 is 0.936 bits per heavy atom. The third-order valence-corrected chi connectivity index (χ3v) is 25.1. The number of fused-ring (bicyclic) bond motifs is 5. The Hall–Kier alpha value is -0.590. The van der Waals surface area contributed by atoms with Gasteiger partial charge in [0, 0.05) is 5.41 Å². The fourth-order valence-corrected chi connectivity index (χ4v) is 17.7. The molecule has 0 heterocycles. The van der Waals surface area contributed by atoms with Gasteiger partial charge in [0.2, 0.25) is 0 Å². The Balaban J connectivity index is 2.54. The lowest BCUT2D eigenvalue weighted by Gasteiger charge is -2.97. The zero-order valence-electron chi connectivity index (χ0n) is 37.0. The second kappa shape index (κ2) is 8.54. The standard InChI is InChI=1S/C46H82O/c1-29-30(28-47)31(2,3)32(4,5)43(24)41(29,22)35(10,11)38(16,17)46(27)44(25)37(14,15)34(8,9)33(6,7)36(12,13)42(44,23)39(18,19)40(20,21)45(43,46)26/h28H,1-27H3. The van der Waals surface area contributed by atoms with Gasteiger partial charge in [0.25, 0.3) is 0 Å². The minimum Gasteiger partial charge on any atom is -0.298 e. The SMILES string of the molecule is CC1=C(C=O)C(C)(C)C(C)(C)C2(C)C1(C)C(C)(C)C(C)(C)C1(C)C3(C)C(C)(C)C(C)(C)C(C)(C)C(C)(C)C3(C)C(C)(C)C(C)(C)C21C. The van der Waals surface area contributed by atoms with Gasteiger partial charge in [-0.15, -0.1) is 0 Å². The molecule has 3 fully saturated rings. The van der Waals surface area contributed by atoms with E-state index in [1.54, 1.807) is 0 Å². The first kappa shape index (κ1) is 39.2. The molecule has 47 heavy (non-hydrogen) atoms. The first-order valence-electron chi connectivity index (χ1n) is 19.3. The van der Waals surface area contributed by atoms with Crippen molar-refractivity contribution in [3.05, 3.63) is 11.1 Å². The van der Waals surface area contributed by atoms with E-state index in [1.165, 1.54) is 11.9 Å². The predicted octanol–water partition coefficient (Wildman–Crippen LogP) is 13.9. The Labute approximate surface area is 295 Å².